The Bertz CT molecular complexity index is 1260. The van der Waals surface area contributed by atoms with Gasteiger partial charge < -0.3 is 24.3 Å². The molecule has 3 unspecified atom stereocenters. The molecule has 1 fully saturated rings. The van der Waals surface area contributed by atoms with Crippen LogP contribution >= 0.6 is 22.6 Å². The van der Waals surface area contributed by atoms with Crippen molar-refractivity contribution < 1.29 is 14.3 Å². The topological polar surface area (TPSA) is 68.1 Å². The Labute approximate surface area is 218 Å². The number of carbonyl (C=O) groups excluding carboxylic acids is 1. The Morgan fingerprint density at radius 3 is 2.89 bits per heavy atom. The number of aliphatic imine (C=N–C) groups is 1. The Morgan fingerprint density at radius 1 is 1.26 bits per heavy atom. The van der Waals surface area contributed by atoms with Crippen LogP contribution in [0.1, 0.15) is 19.8 Å². The number of aromatic nitrogens is 1. The van der Waals surface area contributed by atoms with Crippen LogP contribution in [0, 0.1) is 5.92 Å². The number of nitrogens with one attached hydrogen (secondary N) is 1. The molecule has 2 aliphatic heterocycles. The van der Waals surface area contributed by atoms with Gasteiger partial charge in [-0.2, -0.15) is 0 Å². The second-order valence-corrected chi connectivity index (χ2v) is 10.5. The number of amides is 1. The van der Waals surface area contributed by atoms with Crippen LogP contribution in [0.25, 0.3) is 10.9 Å². The number of anilines is 1. The molecule has 8 heteroatoms. The van der Waals surface area contributed by atoms with Gasteiger partial charge in [-0.25, -0.2) is 4.99 Å². The summed E-state index contributed by atoms with van der Waals surface area (Å²) < 4.78 is 13.7. The molecule has 0 radical (unpaired) electrons. The van der Waals surface area contributed by atoms with E-state index in [1.54, 1.807) is 0 Å². The largest absolute Gasteiger partial charge is 0.460 e. The monoisotopic (exact) mass is 584 g/mol. The third kappa shape index (κ3) is 5.47. The molecule has 0 aliphatic carbocycles. The number of halogens is 1. The number of amidine groups is 1. The van der Waals surface area contributed by atoms with E-state index < -0.39 is 6.10 Å². The second-order valence-electron chi connectivity index (χ2n) is 9.18. The number of nitrogens with zero attached hydrogens (tertiary/aromatic N) is 3. The Morgan fingerprint density at radius 2 is 2.09 bits per heavy atom. The minimum absolute atomic E-state index is 0.184. The molecule has 3 atom stereocenters. The summed E-state index contributed by atoms with van der Waals surface area (Å²) in [7, 11) is 0. The lowest BCUT2D eigenvalue weighted by atomic mass is 10.0. The van der Waals surface area contributed by atoms with Crippen molar-refractivity contribution in [3.05, 3.63) is 73.1 Å². The molecule has 1 saturated heterocycles. The van der Waals surface area contributed by atoms with Crippen molar-refractivity contribution in [1.29, 1.82) is 0 Å². The molecule has 1 amide bonds. The van der Waals surface area contributed by atoms with Gasteiger partial charge in [0.25, 0.3) is 11.9 Å². The van der Waals surface area contributed by atoms with E-state index in [2.05, 4.69) is 55.9 Å². The molecule has 5 rings (SSSR count). The van der Waals surface area contributed by atoms with Gasteiger partial charge in [-0.05, 0) is 55.2 Å². The molecule has 2 aliphatic rings. The summed E-state index contributed by atoms with van der Waals surface area (Å²) in [5.41, 5.74) is 1.77. The summed E-state index contributed by atoms with van der Waals surface area (Å²) >= 11 is 2.18. The van der Waals surface area contributed by atoms with Crippen LogP contribution in [0.5, 0.6) is 5.75 Å². The molecule has 0 saturated carbocycles. The van der Waals surface area contributed by atoms with Crippen LogP contribution in [-0.2, 0) is 16.1 Å². The smallest absolute Gasteiger partial charge is 0.289 e. The van der Waals surface area contributed by atoms with Crippen molar-refractivity contribution in [3.63, 3.8) is 0 Å². The number of benzene rings is 2. The van der Waals surface area contributed by atoms with E-state index in [4.69, 9.17) is 9.47 Å². The van der Waals surface area contributed by atoms with E-state index in [9.17, 15) is 4.79 Å². The van der Waals surface area contributed by atoms with Gasteiger partial charge in [0.15, 0.2) is 4.05 Å². The molecule has 1 aromatic heterocycles. The lowest BCUT2D eigenvalue weighted by Gasteiger charge is -2.31. The lowest BCUT2D eigenvalue weighted by molar-refractivity contribution is -0.122. The fraction of sp³-hybridized carbons (Fsp3) is 0.333. The van der Waals surface area contributed by atoms with Crippen LogP contribution in [0.15, 0.2) is 78.1 Å². The van der Waals surface area contributed by atoms with Crippen LogP contribution < -0.4 is 10.1 Å². The van der Waals surface area contributed by atoms with Gasteiger partial charge in [0.1, 0.15) is 11.5 Å². The van der Waals surface area contributed by atoms with E-state index in [0.29, 0.717) is 24.2 Å². The van der Waals surface area contributed by atoms with E-state index in [1.807, 2.05) is 60.8 Å². The van der Waals surface area contributed by atoms with E-state index >= 15 is 0 Å². The molecule has 0 bridgehead atoms. The average molecular weight is 584 g/mol. The molecule has 35 heavy (non-hydrogen) atoms. The fourth-order valence-corrected chi connectivity index (χ4v) is 5.29. The number of alkyl halides is 1. The van der Waals surface area contributed by atoms with Gasteiger partial charge >= 0.3 is 0 Å². The first-order valence-electron chi connectivity index (χ1n) is 11.9. The summed E-state index contributed by atoms with van der Waals surface area (Å²) in [5, 5.41) is 4.03. The minimum Gasteiger partial charge on any atom is -0.460 e. The predicted octanol–water partition coefficient (Wildman–Crippen LogP) is 5.42. The average Bonchev–Trinajstić information content (AvgIpc) is 3.43. The summed E-state index contributed by atoms with van der Waals surface area (Å²) in [5.74, 6) is 1.84. The molecule has 1 N–H and O–H groups in total. The van der Waals surface area contributed by atoms with Crippen molar-refractivity contribution in [2.75, 3.05) is 18.4 Å². The molecule has 2 aromatic carbocycles. The number of carbonyl (C=O) groups is 1. The molecule has 3 aromatic rings. The quantitative estimate of drug-likeness (QED) is 0.182. The zero-order valence-electron chi connectivity index (χ0n) is 19.7. The number of hydrogen-bond donors (Lipinski definition) is 1. The van der Waals surface area contributed by atoms with E-state index in [-0.39, 0.29) is 9.96 Å². The minimum atomic E-state index is -0.637. The van der Waals surface area contributed by atoms with E-state index in [0.717, 1.165) is 41.9 Å². The Kier molecular flexibility index (Phi) is 6.99. The summed E-state index contributed by atoms with van der Waals surface area (Å²) in [6.45, 7) is 8.68. The van der Waals surface area contributed by atoms with Crippen molar-refractivity contribution in [2.45, 2.75) is 36.5 Å². The van der Waals surface area contributed by atoms with Crippen LogP contribution in [0.2, 0.25) is 0 Å². The molecule has 7 nitrogen and oxygen atoms in total. The zero-order valence-corrected chi connectivity index (χ0v) is 21.9. The first kappa shape index (κ1) is 23.7. The van der Waals surface area contributed by atoms with E-state index in [1.165, 1.54) is 6.42 Å². The van der Waals surface area contributed by atoms with Crippen molar-refractivity contribution in [3.8, 4) is 5.75 Å². The number of rotatable bonds is 6. The molecule has 182 valence electrons. The number of ether oxygens (including phenoxy) is 2. The van der Waals surface area contributed by atoms with Gasteiger partial charge in [-0.3, -0.25) is 4.79 Å². The number of allylic oxidation sites excluding steroid dienone is 1. The highest BCUT2D eigenvalue weighted by molar-refractivity contribution is 14.1. The summed E-state index contributed by atoms with van der Waals surface area (Å²) in [6, 6.07) is 18.1. The number of likely N-dealkylation sites (tertiary alicyclic amines) is 1. The molecular weight excluding hydrogens is 555 g/mol. The summed E-state index contributed by atoms with van der Waals surface area (Å²) in [6.07, 6.45) is 3.70. The molecular formula is C27H29IN4O3. The van der Waals surface area contributed by atoms with Crippen LogP contribution in [-0.4, -0.2) is 44.6 Å². The third-order valence-corrected chi connectivity index (χ3v) is 7.22. The van der Waals surface area contributed by atoms with Crippen LogP contribution in [0.3, 0.4) is 0 Å². The van der Waals surface area contributed by atoms with Crippen LogP contribution in [0.4, 0.5) is 5.69 Å². The van der Waals surface area contributed by atoms with Gasteiger partial charge in [-0.1, -0.05) is 54.3 Å². The number of fused-ring (bicyclic) bond motifs is 1. The first-order valence-corrected chi connectivity index (χ1v) is 13.1. The Hall–Kier alpha value is -3.01. The maximum Gasteiger partial charge on any atom is 0.289 e. The molecule has 0 spiro atoms. The highest BCUT2D eigenvalue weighted by atomic mass is 127. The maximum absolute atomic E-state index is 13.0. The Balaban J connectivity index is 1.21. The molecule has 3 heterocycles. The lowest BCUT2D eigenvalue weighted by Crippen LogP contribution is -2.41. The number of hydrogen-bond acceptors (Lipinski definition) is 5. The van der Waals surface area contributed by atoms with Gasteiger partial charge in [-0.15, -0.1) is 0 Å². The second kappa shape index (κ2) is 10.3. The highest BCUT2D eigenvalue weighted by Gasteiger charge is 2.38. The number of para-hydroxylation sites is 1. The normalized spacial score (nSPS) is 21.9. The van der Waals surface area contributed by atoms with Gasteiger partial charge in [0.2, 0.25) is 6.10 Å². The standard InChI is InChI=1S/C27H29IN4O3/c1-18-7-6-13-32(16-18)27-30-25(28)24(35-27)26(33)29-21-10-11-23-20(15-21)12-14-31(23)17-19(2)34-22-8-4-3-5-9-22/h3-5,8-12,14-15,18,24-25H,2,6-7,13,16-17H2,1H3,(H,29,33). The first-order chi connectivity index (χ1) is 17.0. The maximum atomic E-state index is 13.0. The zero-order chi connectivity index (χ0) is 24.4. The highest BCUT2D eigenvalue weighted by Crippen LogP contribution is 2.27. The fourth-order valence-electron chi connectivity index (χ4n) is 4.58. The van der Waals surface area contributed by atoms with Crippen molar-refractivity contribution >= 4 is 51.1 Å². The van der Waals surface area contributed by atoms with Crippen molar-refractivity contribution in [2.24, 2.45) is 10.9 Å². The predicted molar refractivity (Wildman–Crippen MR) is 147 cm³/mol. The SMILES string of the molecule is C=C(Cn1ccc2cc(NC(=O)C3OC(N4CCCC(C)C4)=NC3I)ccc21)Oc1ccccc1. The van der Waals surface area contributed by atoms with Gasteiger partial charge in [0.05, 0.1) is 6.54 Å². The summed E-state index contributed by atoms with van der Waals surface area (Å²) in [4.78, 5) is 19.8. The van der Waals surface area contributed by atoms with Crippen molar-refractivity contribution in [1.82, 2.24) is 9.47 Å². The van der Waals surface area contributed by atoms with Gasteiger partial charge in [0, 0.05) is 35.9 Å². The third-order valence-electron chi connectivity index (χ3n) is 6.29. The number of piperidine rings is 1.